The number of rotatable bonds is 3. The maximum absolute atomic E-state index is 12.3. The Balaban J connectivity index is 1.65. The van der Waals surface area contributed by atoms with Gasteiger partial charge in [0.15, 0.2) is 5.82 Å². The largest absolute Gasteiger partial charge is 0.444 e. The second-order valence-electron chi connectivity index (χ2n) is 8.94. The Bertz CT molecular complexity index is 1100. The highest BCUT2D eigenvalue weighted by Crippen LogP contribution is 2.35. The number of nitrogen functional groups attached to an aromatic ring is 1. The third-order valence-corrected chi connectivity index (χ3v) is 5.24. The number of hydrogen-bond donors (Lipinski definition) is 2. The molecular formula is C22H29N7O2. The highest BCUT2D eigenvalue weighted by Gasteiger charge is 2.27. The number of amides is 1. The highest BCUT2D eigenvalue weighted by molar-refractivity contribution is 5.88. The SMILES string of the molecule is Cc1cc(-c2cc(N3CCC[C@@H](NC(=O)OC(C)(C)C)C3)c3c(N)ncnn23)ccn1. The first-order valence-corrected chi connectivity index (χ1v) is 10.5. The third-order valence-electron chi connectivity index (χ3n) is 5.24. The molecule has 1 atom stereocenters. The molecule has 0 aromatic carbocycles. The number of piperidine rings is 1. The summed E-state index contributed by atoms with van der Waals surface area (Å²) in [5.74, 6) is 0.421. The van der Waals surface area contributed by atoms with Crippen LogP contribution < -0.4 is 16.0 Å². The second kappa shape index (κ2) is 8.05. The summed E-state index contributed by atoms with van der Waals surface area (Å²) in [5.41, 5.74) is 10.3. The Hall–Kier alpha value is -3.36. The molecule has 0 spiro atoms. The monoisotopic (exact) mass is 423 g/mol. The molecule has 1 saturated heterocycles. The predicted octanol–water partition coefficient (Wildman–Crippen LogP) is 3.18. The van der Waals surface area contributed by atoms with Crippen molar-refractivity contribution in [1.82, 2.24) is 24.9 Å². The molecular weight excluding hydrogens is 394 g/mol. The molecule has 31 heavy (non-hydrogen) atoms. The van der Waals surface area contributed by atoms with Gasteiger partial charge in [-0.1, -0.05) is 0 Å². The van der Waals surface area contributed by atoms with E-state index in [1.807, 2.05) is 44.3 Å². The van der Waals surface area contributed by atoms with Gasteiger partial charge in [-0.05, 0) is 58.7 Å². The Kier molecular flexibility index (Phi) is 5.43. The summed E-state index contributed by atoms with van der Waals surface area (Å²) in [5, 5.41) is 7.46. The first-order chi connectivity index (χ1) is 14.7. The van der Waals surface area contributed by atoms with Gasteiger partial charge in [0.25, 0.3) is 0 Å². The standard InChI is InChI=1S/C22H29N7O2/c1-14-10-15(7-8-24-14)17-11-18(19-20(23)25-13-26-29(17)19)28-9-5-6-16(12-28)27-21(30)31-22(2,3)4/h7-8,10-11,13,16H,5-6,9,12H2,1-4H3,(H,27,30)(H2,23,25,26)/t16-/m1/s1. The number of carbonyl (C=O) groups excluding carboxylic acids is 1. The maximum atomic E-state index is 12.3. The van der Waals surface area contributed by atoms with Crippen LogP contribution in [0, 0.1) is 6.92 Å². The van der Waals surface area contributed by atoms with Crippen LogP contribution in [0.5, 0.6) is 0 Å². The normalized spacial score (nSPS) is 17.0. The van der Waals surface area contributed by atoms with E-state index >= 15 is 0 Å². The molecule has 0 aliphatic carbocycles. The fourth-order valence-electron chi connectivity index (χ4n) is 3.99. The van der Waals surface area contributed by atoms with Gasteiger partial charge in [-0.3, -0.25) is 4.98 Å². The van der Waals surface area contributed by atoms with Gasteiger partial charge < -0.3 is 20.7 Å². The van der Waals surface area contributed by atoms with E-state index in [4.69, 9.17) is 10.5 Å². The molecule has 0 saturated carbocycles. The number of aryl methyl sites for hydroxylation is 1. The van der Waals surface area contributed by atoms with Gasteiger partial charge in [0.05, 0.1) is 11.4 Å². The van der Waals surface area contributed by atoms with E-state index in [0.717, 1.165) is 47.5 Å². The number of alkyl carbamates (subject to hydrolysis) is 1. The van der Waals surface area contributed by atoms with Crippen LogP contribution in [0.25, 0.3) is 16.8 Å². The Morgan fingerprint density at radius 2 is 2.10 bits per heavy atom. The summed E-state index contributed by atoms with van der Waals surface area (Å²) in [7, 11) is 0. The number of anilines is 2. The number of hydrogen-bond acceptors (Lipinski definition) is 7. The fraction of sp³-hybridized carbons (Fsp3) is 0.455. The van der Waals surface area contributed by atoms with E-state index < -0.39 is 11.7 Å². The van der Waals surface area contributed by atoms with E-state index in [2.05, 4.69) is 31.3 Å². The van der Waals surface area contributed by atoms with Crippen molar-refractivity contribution in [2.24, 2.45) is 0 Å². The van der Waals surface area contributed by atoms with E-state index in [-0.39, 0.29) is 6.04 Å². The minimum Gasteiger partial charge on any atom is -0.444 e. The number of carbonyl (C=O) groups is 1. The summed E-state index contributed by atoms with van der Waals surface area (Å²) < 4.78 is 7.26. The number of aromatic nitrogens is 4. The van der Waals surface area contributed by atoms with E-state index in [1.54, 1.807) is 6.20 Å². The lowest BCUT2D eigenvalue weighted by Crippen LogP contribution is -2.49. The Labute approximate surface area is 181 Å². The average Bonchev–Trinajstić information content (AvgIpc) is 3.08. The van der Waals surface area contributed by atoms with Gasteiger partial charge in [0.1, 0.15) is 17.4 Å². The van der Waals surface area contributed by atoms with Crippen molar-refractivity contribution in [1.29, 1.82) is 0 Å². The lowest BCUT2D eigenvalue weighted by molar-refractivity contribution is 0.0500. The van der Waals surface area contributed by atoms with Crippen LogP contribution in [-0.4, -0.2) is 50.4 Å². The molecule has 3 aromatic heterocycles. The first-order valence-electron chi connectivity index (χ1n) is 10.5. The van der Waals surface area contributed by atoms with Gasteiger partial charge >= 0.3 is 6.09 Å². The quantitative estimate of drug-likeness (QED) is 0.665. The third kappa shape index (κ3) is 4.55. The van der Waals surface area contributed by atoms with E-state index in [1.165, 1.54) is 6.33 Å². The van der Waals surface area contributed by atoms with Gasteiger partial charge in [-0.15, -0.1) is 0 Å². The van der Waals surface area contributed by atoms with Crippen LogP contribution in [0.2, 0.25) is 0 Å². The van der Waals surface area contributed by atoms with Crippen LogP contribution in [0.1, 0.15) is 39.3 Å². The minimum absolute atomic E-state index is 0.0176. The Morgan fingerprint density at radius 3 is 2.84 bits per heavy atom. The molecule has 9 nitrogen and oxygen atoms in total. The molecule has 1 amide bonds. The van der Waals surface area contributed by atoms with Crippen LogP contribution >= 0.6 is 0 Å². The highest BCUT2D eigenvalue weighted by atomic mass is 16.6. The topological polar surface area (TPSA) is 111 Å². The van der Waals surface area contributed by atoms with E-state index in [0.29, 0.717) is 12.4 Å². The lowest BCUT2D eigenvalue weighted by atomic mass is 10.0. The number of pyridine rings is 1. The first kappa shape index (κ1) is 20.9. The van der Waals surface area contributed by atoms with Gasteiger partial charge in [-0.25, -0.2) is 14.3 Å². The molecule has 0 bridgehead atoms. The molecule has 0 radical (unpaired) electrons. The van der Waals surface area contributed by atoms with Gasteiger partial charge in [0, 0.05) is 36.6 Å². The van der Waals surface area contributed by atoms with Crippen molar-refractivity contribution in [2.45, 2.75) is 52.2 Å². The summed E-state index contributed by atoms with van der Waals surface area (Å²) in [6, 6.07) is 6.05. The van der Waals surface area contributed by atoms with Crippen LogP contribution in [0.3, 0.4) is 0 Å². The van der Waals surface area contributed by atoms with Crippen LogP contribution in [0.15, 0.2) is 30.7 Å². The molecule has 4 heterocycles. The predicted molar refractivity (Wildman–Crippen MR) is 120 cm³/mol. The maximum Gasteiger partial charge on any atom is 0.407 e. The molecule has 1 aliphatic heterocycles. The lowest BCUT2D eigenvalue weighted by Gasteiger charge is -2.34. The number of fused-ring (bicyclic) bond motifs is 1. The number of nitrogens with two attached hydrogens (primary N) is 1. The molecule has 0 unspecified atom stereocenters. The molecule has 164 valence electrons. The van der Waals surface area contributed by atoms with Crippen molar-refractivity contribution >= 4 is 23.1 Å². The van der Waals surface area contributed by atoms with Crippen molar-refractivity contribution in [3.8, 4) is 11.3 Å². The summed E-state index contributed by atoms with van der Waals surface area (Å²) in [4.78, 5) is 23.0. The minimum atomic E-state index is -0.527. The molecule has 9 heteroatoms. The van der Waals surface area contributed by atoms with Crippen molar-refractivity contribution in [3.63, 3.8) is 0 Å². The van der Waals surface area contributed by atoms with Crippen molar-refractivity contribution in [3.05, 3.63) is 36.4 Å². The van der Waals surface area contributed by atoms with Gasteiger partial charge in [-0.2, -0.15) is 5.10 Å². The van der Waals surface area contributed by atoms with Crippen molar-refractivity contribution < 1.29 is 9.53 Å². The fourth-order valence-corrected chi connectivity index (χ4v) is 3.99. The molecule has 3 aromatic rings. The summed E-state index contributed by atoms with van der Waals surface area (Å²) in [6.45, 7) is 9.05. The number of nitrogens with zero attached hydrogens (tertiary/aromatic N) is 5. The number of ether oxygens (including phenoxy) is 1. The van der Waals surface area contributed by atoms with Crippen LogP contribution in [-0.2, 0) is 4.74 Å². The number of nitrogens with one attached hydrogen (secondary N) is 1. The van der Waals surface area contributed by atoms with Crippen molar-refractivity contribution in [2.75, 3.05) is 23.7 Å². The van der Waals surface area contributed by atoms with Crippen LogP contribution in [0.4, 0.5) is 16.3 Å². The second-order valence-corrected chi connectivity index (χ2v) is 8.94. The summed E-state index contributed by atoms with van der Waals surface area (Å²) >= 11 is 0. The molecule has 1 fully saturated rings. The van der Waals surface area contributed by atoms with E-state index in [9.17, 15) is 4.79 Å². The zero-order chi connectivity index (χ0) is 22.2. The molecule has 4 rings (SSSR count). The molecule has 1 aliphatic rings. The van der Waals surface area contributed by atoms with Gasteiger partial charge in [0.2, 0.25) is 0 Å². The Morgan fingerprint density at radius 1 is 1.29 bits per heavy atom. The smallest absolute Gasteiger partial charge is 0.407 e. The zero-order valence-corrected chi connectivity index (χ0v) is 18.4. The summed E-state index contributed by atoms with van der Waals surface area (Å²) in [6.07, 6.45) is 4.69. The molecule has 3 N–H and O–H groups in total. The zero-order valence-electron chi connectivity index (χ0n) is 18.4. The average molecular weight is 424 g/mol.